The summed E-state index contributed by atoms with van der Waals surface area (Å²) in [5.74, 6) is 0.522. The van der Waals surface area contributed by atoms with Gasteiger partial charge in [0.15, 0.2) is 0 Å². The van der Waals surface area contributed by atoms with E-state index >= 15 is 0 Å². The van der Waals surface area contributed by atoms with E-state index in [4.69, 9.17) is 9.47 Å². The molecular formula is C13H17BrO3. The predicted molar refractivity (Wildman–Crippen MR) is 70.4 cm³/mol. The van der Waals surface area contributed by atoms with Gasteiger partial charge in [-0.25, -0.2) is 0 Å². The third-order valence-electron chi connectivity index (χ3n) is 3.13. The van der Waals surface area contributed by atoms with Crippen LogP contribution in [0.3, 0.4) is 0 Å². The van der Waals surface area contributed by atoms with Crippen LogP contribution < -0.4 is 4.74 Å². The van der Waals surface area contributed by atoms with Gasteiger partial charge in [0.2, 0.25) is 0 Å². The minimum atomic E-state index is -0.621. The van der Waals surface area contributed by atoms with Crippen LogP contribution in [0.25, 0.3) is 0 Å². The molecule has 94 valence electrons. The Morgan fingerprint density at radius 2 is 2.06 bits per heavy atom. The first-order valence-corrected chi connectivity index (χ1v) is 6.21. The molecule has 0 heterocycles. The van der Waals surface area contributed by atoms with E-state index in [-0.39, 0.29) is 5.97 Å². The van der Waals surface area contributed by atoms with Gasteiger partial charge in [-0.1, -0.05) is 13.0 Å². The average molecular weight is 301 g/mol. The number of hydrogen-bond donors (Lipinski definition) is 0. The third kappa shape index (κ3) is 2.63. The Bertz CT molecular complexity index is 417. The highest BCUT2D eigenvalue weighted by molar-refractivity contribution is 9.10. The van der Waals surface area contributed by atoms with Gasteiger partial charge in [-0.3, -0.25) is 4.79 Å². The van der Waals surface area contributed by atoms with Crippen LogP contribution in [0.1, 0.15) is 25.8 Å². The Kier molecular flexibility index (Phi) is 4.57. The summed E-state index contributed by atoms with van der Waals surface area (Å²) in [7, 11) is 3.02. The molecule has 0 bridgehead atoms. The molecule has 0 radical (unpaired) electrons. The van der Waals surface area contributed by atoms with Crippen molar-refractivity contribution in [2.24, 2.45) is 0 Å². The normalized spacial score (nSPS) is 13.9. The molecule has 0 aliphatic heterocycles. The molecule has 1 atom stereocenters. The fourth-order valence-corrected chi connectivity index (χ4v) is 2.24. The SMILES string of the molecule is CCC(C)(C(=O)OC)c1ccc(OC)c(Br)c1. The van der Waals surface area contributed by atoms with Gasteiger partial charge in [-0.15, -0.1) is 0 Å². The van der Waals surface area contributed by atoms with Crippen LogP contribution in [0.5, 0.6) is 5.75 Å². The molecular weight excluding hydrogens is 284 g/mol. The molecule has 0 saturated carbocycles. The van der Waals surface area contributed by atoms with Gasteiger partial charge in [0.05, 0.1) is 24.1 Å². The lowest BCUT2D eigenvalue weighted by molar-refractivity contribution is -0.147. The van der Waals surface area contributed by atoms with Crippen LogP contribution in [-0.2, 0) is 14.9 Å². The van der Waals surface area contributed by atoms with Gasteiger partial charge in [-0.2, -0.15) is 0 Å². The van der Waals surface area contributed by atoms with Crippen molar-refractivity contribution in [3.63, 3.8) is 0 Å². The molecule has 3 nitrogen and oxygen atoms in total. The summed E-state index contributed by atoms with van der Waals surface area (Å²) in [5.41, 5.74) is 0.295. The highest BCUT2D eigenvalue weighted by Gasteiger charge is 2.34. The zero-order chi connectivity index (χ0) is 13.1. The molecule has 0 fully saturated rings. The van der Waals surface area contributed by atoms with Crippen LogP contribution in [0.15, 0.2) is 22.7 Å². The Hall–Kier alpha value is -1.03. The second kappa shape index (κ2) is 5.54. The van der Waals surface area contributed by atoms with Crippen LogP contribution in [-0.4, -0.2) is 20.2 Å². The smallest absolute Gasteiger partial charge is 0.315 e. The first kappa shape index (κ1) is 14.0. The lowest BCUT2D eigenvalue weighted by atomic mass is 9.80. The molecule has 0 saturated heterocycles. The van der Waals surface area contributed by atoms with E-state index in [1.807, 2.05) is 32.0 Å². The highest BCUT2D eigenvalue weighted by Crippen LogP contribution is 2.34. The highest BCUT2D eigenvalue weighted by atomic mass is 79.9. The van der Waals surface area contributed by atoms with E-state index in [9.17, 15) is 4.79 Å². The quantitative estimate of drug-likeness (QED) is 0.801. The molecule has 17 heavy (non-hydrogen) atoms. The van der Waals surface area contributed by atoms with Gasteiger partial charge in [-0.05, 0) is 47.0 Å². The third-order valence-corrected chi connectivity index (χ3v) is 3.75. The van der Waals surface area contributed by atoms with Gasteiger partial charge in [0, 0.05) is 0 Å². The number of carbonyl (C=O) groups is 1. The van der Waals surface area contributed by atoms with Crippen LogP contribution in [0.4, 0.5) is 0 Å². The van der Waals surface area contributed by atoms with E-state index in [0.717, 1.165) is 15.8 Å². The minimum Gasteiger partial charge on any atom is -0.496 e. The molecule has 4 heteroatoms. The van der Waals surface area contributed by atoms with E-state index in [0.29, 0.717) is 6.42 Å². The molecule has 0 aliphatic rings. The summed E-state index contributed by atoms with van der Waals surface area (Å²) in [6.07, 6.45) is 0.679. The maximum atomic E-state index is 11.9. The number of halogens is 1. The summed E-state index contributed by atoms with van der Waals surface area (Å²) in [5, 5.41) is 0. The number of benzene rings is 1. The molecule has 0 N–H and O–H groups in total. The molecule has 0 spiro atoms. The summed E-state index contributed by atoms with van der Waals surface area (Å²) in [6, 6.07) is 5.64. The van der Waals surface area contributed by atoms with Gasteiger partial charge in [0.25, 0.3) is 0 Å². The first-order chi connectivity index (χ1) is 7.99. The maximum absolute atomic E-state index is 11.9. The number of ether oxygens (including phenoxy) is 2. The molecule has 1 aromatic rings. The Labute approximate surface area is 110 Å². The van der Waals surface area contributed by atoms with Crippen molar-refractivity contribution in [3.05, 3.63) is 28.2 Å². The topological polar surface area (TPSA) is 35.5 Å². The predicted octanol–water partition coefficient (Wildman–Crippen LogP) is 3.30. The minimum absolute atomic E-state index is 0.225. The number of rotatable bonds is 4. The molecule has 0 amide bonds. The van der Waals surface area contributed by atoms with Gasteiger partial charge < -0.3 is 9.47 Å². The second-order valence-corrected chi connectivity index (χ2v) is 4.88. The zero-order valence-electron chi connectivity index (χ0n) is 10.5. The molecule has 1 rings (SSSR count). The lowest BCUT2D eigenvalue weighted by Gasteiger charge is -2.26. The van der Waals surface area contributed by atoms with Crippen LogP contribution in [0, 0.1) is 0 Å². The summed E-state index contributed by atoms with van der Waals surface area (Å²) in [6.45, 7) is 3.85. The maximum Gasteiger partial charge on any atom is 0.315 e. The fraction of sp³-hybridized carbons (Fsp3) is 0.462. The number of carbonyl (C=O) groups excluding carboxylic acids is 1. The van der Waals surface area contributed by atoms with Gasteiger partial charge in [0.1, 0.15) is 5.75 Å². The van der Waals surface area contributed by atoms with Crippen LogP contribution in [0.2, 0.25) is 0 Å². The number of esters is 1. The second-order valence-electron chi connectivity index (χ2n) is 4.03. The summed E-state index contributed by atoms with van der Waals surface area (Å²) < 4.78 is 10.9. The fourth-order valence-electron chi connectivity index (χ4n) is 1.70. The largest absolute Gasteiger partial charge is 0.496 e. The van der Waals surface area contributed by atoms with Crippen molar-refractivity contribution in [2.75, 3.05) is 14.2 Å². The standard InChI is InChI=1S/C13H17BrO3/c1-5-13(2,12(15)17-4)9-6-7-11(16-3)10(14)8-9/h6-8H,5H2,1-4H3. The molecule has 0 aromatic heterocycles. The Balaban J connectivity index is 3.21. The monoisotopic (exact) mass is 300 g/mol. The lowest BCUT2D eigenvalue weighted by Crippen LogP contribution is -2.33. The van der Waals surface area contributed by atoms with E-state index in [1.165, 1.54) is 7.11 Å². The van der Waals surface area contributed by atoms with E-state index in [2.05, 4.69) is 15.9 Å². The van der Waals surface area contributed by atoms with Gasteiger partial charge >= 0.3 is 5.97 Å². The molecule has 1 aromatic carbocycles. The Morgan fingerprint density at radius 3 is 2.47 bits per heavy atom. The van der Waals surface area contributed by atoms with Crippen molar-refractivity contribution < 1.29 is 14.3 Å². The van der Waals surface area contributed by atoms with E-state index in [1.54, 1.807) is 7.11 Å². The number of hydrogen-bond acceptors (Lipinski definition) is 3. The summed E-state index contributed by atoms with van der Waals surface area (Å²) in [4.78, 5) is 11.9. The van der Waals surface area contributed by atoms with Crippen molar-refractivity contribution in [1.29, 1.82) is 0 Å². The average Bonchev–Trinajstić information content (AvgIpc) is 2.36. The summed E-state index contributed by atoms with van der Waals surface area (Å²) >= 11 is 3.42. The van der Waals surface area contributed by atoms with Crippen molar-refractivity contribution in [3.8, 4) is 5.75 Å². The first-order valence-electron chi connectivity index (χ1n) is 5.42. The Morgan fingerprint density at radius 1 is 1.41 bits per heavy atom. The molecule has 0 aliphatic carbocycles. The van der Waals surface area contributed by atoms with Crippen molar-refractivity contribution in [1.82, 2.24) is 0 Å². The number of methoxy groups -OCH3 is 2. The van der Waals surface area contributed by atoms with Crippen molar-refractivity contribution in [2.45, 2.75) is 25.7 Å². The zero-order valence-corrected chi connectivity index (χ0v) is 12.1. The van der Waals surface area contributed by atoms with Crippen molar-refractivity contribution >= 4 is 21.9 Å². The molecule has 1 unspecified atom stereocenters. The van der Waals surface area contributed by atoms with Crippen LogP contribution >= 0.6 is 15.9 Å². The van der Waals surface area contributed by atoms with E-state index < -0.39 is 5.41 Å².